The third kappa shape index (κ3) is 6.14. The molecule has 2 aromatic carbocycles. The van der Waals surface area contributed by atoms with Crippen molar-refractivity contribution in [1.82, 2.24) is 10.6 Å². The molecule has 1 heterocycles. The van der Waals surface area contributed by atoms with Crippen molar-refractivity contribution in [3.05, 3.63) is 69.5 Å². The van der Waals surface area contributed by atoms with Crippen molar-refractivity contribution in [2.45, 2.75) is 26.3 Å². The predicted octanol–water partition coefficient (Wildman–Crippen LogP) is 6.17. The summed E-state index contributed by atoms with van der Waals surface area (Å²) >= 11 is 14.2. The van der Waals surface area contributed by atoms with E-state index < -0.39 is 6.04 Å². The van der Waals surface area contributed by atoms with Crippen molar-refractivity contribution >= 4 is 46.4 Å². The average Bonchev–Trinajstić information content (AvgIpc) is 3.22. The zero-order chi connectivity index (χ0) is 24.0. The fraction of sp³-hybridized carbons (Fsp3) is 0.240. The van der Waals surface area contributed by atoms with Gasteiger partial charge in [-0.3, -0.25) is 9.59 Å². The highest BCUT2D eigenvalue weighted by Gasteiger charge is 2.25. The number of hydrogen-bond donors (Lipinski definition) is 2. The van der Waals surface area contributed by atoms with E-state index in [9.17, 15) is 9.59 Å². The molecule has 8 heteroatoms. The third-order valence-electron chi connectivity index (χ3n) is 4.91. The predicted molar refractivity (Wildman–Crippen MR) is 135 cm³/mol. The van der Waals surface area contributed by atoms with Crippen molar-refractivity contribution in [3.8, 4) is 27.6 Å². The molecule has 170 valence electrons. The summed E-state index contributed by atoms with van der Waals surface area (Å²) in [5, 5.41) is 15.2. The Labute approximate surface area is 207 Å². The van der Waals surface area contributed by atoms with E-state index in [1.165, 1.54) is 11.3 Å². The average molecular weight is 500 g/mol. The Kier molecular flexibility index (Phi) is 8.51. The number of nitrogens with zero attached hydrogens (tertiary/aromatic N) is 1. The van der Waals surface area contributed by atoms with Gasteiger partial charge in [-0.05, 0) is 30.5 Å². The Balaban J connectivity index is 2.01. The minimum absolute atomic E-state index is 0.115. The van der Waals surface area contributed by atoms with E-state index in [2.05, 4.69) is 10.6 Å². The van der Waals surface area contributed by atoms with Gasteiger partial charge in [0.15, 0.2) is 0 Å². The Bertz CT molecular complexity index is 1140. The number of halogens is 2. The molecule has 0 saturated heterocycles. The number of nitriles is 1. The summed E-state index contributed by atoms with van der Waals surface area (Å²) in [5.41, 5.74) is 2.37. The molecule has 1 atom stereocenters. The Morgan fingerprint density at radius 1 is 1.00 bits per heavy atom. The SMILES string of the molecule is CC(C)C[C@H](NC(=O)c1cc(-c2ccccc2Cl)c(-c2ccccc2Cl)s1)C(=O)NCC#N. The Hall–Kier alpha value is -2.85. The molecule has 2 amide bonds. The van der Waals surface area contributed by atoms with Crippen LogP contribution in [0.4, 0.5) is 0 Å². The van der Waals surface area contributed by atoms with E-state index >= 15 is 0 Å². The Morgan fingerprint density at radius 3 is 2.18 bits per heavy atom. The van der Waals surface area contributed by atoms with Crippen molar-refractivity contribution in [2.24, 2.45) is 5.92 Å². The fourth-order valence-corrected chi connectivity index (χ4v) is 5.05. The smallest absolute Gasteiger partial charge is 0.262 e. The van der Waals surface area contributed by atoms with E-state index in [-0.39, 0.29) is 24.3 Å². The molecule has 33 heavy (non-hydrogen) atoms. The first kappa shape index (κ1) is 24.8. The molecular weight excluding hydrogens is 477 g/mol. The van der Waals surface area contributed by atoms with Gasteiger partial charge in [0.05, 0.1) is 10.9 Å². The molecule has 3 aromatic rings. The molecular formula is C25H23Cl2N3O2S. The first-order valence-corrected chi connectivity index (χ1v) is 12.0. The fourth-order valence-electron chi connectivity index (χ4n) is 3.41. The van der Waals surface area contributed by atoms with Crippen molar-refractivity contribution < 1.29 is 9.59 Å². The molecule has 1 aromatic heterocycles. The number of nitrogens with one attached hydrogen (secondary N) is 2. The molecule has 0 spiro atoms. The molecule has 0 aliphatic heterocycles. The maximum atomic E-state index is 13.2. The van der Waals surface area contributed by atoms with Gasteiger partial charge in [-0.15, -0.1) is 11.3 Å². The molecule has 0 aliphatic carbocycles. The van der Waals surface area contributed by atoms with E-state index in [4.69, 9.17) is 28.5 Å². The number of amides is 2. The van der Waals surface area contributed by atoms with Crippen LogP contribution in [0.1, 0.15) is 29.9 Å². The minimum Gasteiger partial charge on any atom is -0.341 e. The third-order valence-corrected chi connectivity index (χ3v) is 6.74. The highest BCUT2D eigenvalue weighted by molar-refractivity contribution is 7.18. The summed E-state index contributed by atoms with van der Waals surface area (Å²) in [4.78, 5) is 26.9. The topological polar surface area (TPSA) is 82.0 Å². The molecule has 0 fully saturated rings. The summed E-state index contributed by atoms with van der Waals surface area (Å²) in [7, 11) is 0. The quantitative estimate of drug-likeness (QED) is 0.363. The van der Waals surface area contributed by atoms with Gasteiger partial charge >= 0.3 is 0 Å². The van der Waals surface area contributed by atoms with Crippen LogP contribution in [0.2, 0.25) is 10.0 Å². The number of thiophene rings is 1. The lowest BCUT2D eigenvalue weighted by molar-refractivity contribution is -0.123. The van der Waals surface area contributed by atoms with E-state index in [0.717, 1.165) is 21.6 Å². The van der Waals surface area contributed by atoms with Gasteiger partial charge in [0.1, 0.15) is 12.6 Å². The van der Waals surface area contributed by atoms with Crippen LogP contribution >= 0.6 is 34.5 Å². The van der Waals surface area contributed by atoms with Crippen molar-refractivity contribution in [3.63, 3.8) is 0 Å². The summed E-state index contributed by atoms with van der Waals surface area (Å²) in [6, 6.07) is 17.7. The summed E-state index contributed by atoms with van der Waals surface area (Å²) in [5.74, 6) is -0.582. The van der Waals surface area contributed by atoms with Gasteiger partial charge in [-0.1, -0.05) is 73.4 Å². The lowest BCUT2D eigenvalue weighted by atomic mass is 10.0. The maximum Gasteiger partial charge on any atom is 0.262 e. The van der Waals surface area contributed by atoms with Gasteiger partial charge in [0.25, 0.3) is 5.91 Å². The molecule has 0 aliphatic rings. The van der Waals surface area contributed by atoms with Crippen molar-refractivity contribution in [1.29, 1.82) is 5.26 Å². The number of benzene rings is 2. The molecule has 2 N–H and O–H groups in total. The largest absolute Gasteiger partial charge is 0.341 e. The normalized spacial score (nSPS) is 11.6. The highest BCUT2D eigenvalue weighted by atomic mass is 35.5. The van der Waals surface area contributed by atoms with Gasteiger partial charge in [-0.25, -0.2) is 0 Å². The lowest BCUT2D eigenvalue weighted by Gasteiger charge is -2.19. The van der Waals surface area contributed by atoms with E-state index in [1.807, 2.05) is 56.3 Å². The molecule has 0 unspecified atom stereocenters. The van der Waals surface area contributed by atoms with Crippen LogP contribution in [-0.4, -0.2) is 24.4 Å². The molecule has 0 saturated carbocycles. The summed E-state index contributed by atoms with van der Waals surface area (Å²) < 4.78 is 0. The monoisotopic (exact) mass is 499 g/mol. The van der Waals surface area contributed by atoms with Crippen LogP contribution in [0.25, 0.3) is 21.6 Å². The molecule has 3 rings (SSSR count). The lowest BCUT2D eigenvalue weighted by Crippen LogP contribution is -2.47. The van der Waals surface area contributed by atoms with E-state index in [1.54, 1.807) is 18.2 Å². The minimum atomic E-state index is -0.750. The maximum absolute atomic E-state index is 13.2. The van der Waals surface area contributed by atoms with Crippen LogP contribution in [0.5, 0.6) is 0 Å². The first-order chi connectivity index (χ1) is 15.8. The number of hydrogen-bond acceptors (Lipinski definition) is 4. The van der Waals surface area contributed by atoms with Crippen LogP contribution in [0.15, 0.2) is 54.6 Å². The number of carbonyl (C=O) groups excluding carboxylic acids is 2. The first-order valence-electron chi connectivity index (χ1n) is 10.4. The van der Waals surface area contributed by atoms with Crippen LogP contribution in [-0.2, 0) is 4.79 Å². The second-order valence-corrected chi connectivity index (χ2v) is 9.71. The van der Waals surface area contributed by atoms with Gasteiger partial charge in [-0.2, -0.15) is 5.26 Å². The standard InChI is InChI=1S/C25H23Cl2N3O2S/c1-15(2)13-21(24(31)29-12-11-28)30-25(32)22-14-18(16-7-3-5-9-19(16)26)23(33-22)17-8-4-6-10-20(17)27/h3-10,14-15,21H,12-13H2,1-2H3,(H,29,31)(H,30,32)/t21-/m0/s1. The number of rotatable bonds is 8. The summed E-state index contributed by atoms with van der Waals surface area (Å²) in [6.07, 6.45) is 0.448. The number of carbonyl (C=O) groups is 2. The molecule has 5 nitrogen and oxygen atoms in total. The van der Waals surface area contributed by atoms with Crippen LogP contribution < -0.4 is 10.6 Å². The second-order valence-electron chi connectivity index (χ2n) is 7.84. The molecule has 0 radical (unpaired) electrons. The molecule has 0 bridgehead atoms. The zero-order valence-corrected chi connectivity index (χ0v) is 20.5. The van der Waals surface area contributed by atoms with Crippen LogP contribution in [0, 0.1) is 17.2 Å². The van der Waals surface area contributed by atoms with Gasteiger partial charge in [0.2, 0.25) is 5.91 Å². The second kappa shape index (κ2) is 11.3. The Morgan fingerprint density at radius 2 is 1.61 bits per heavy atom. The highest BCUT2D eigenvalue weighted by Crippen LogP contribution is 2.44. The van der Waals surface area contributed by atoms with Gasteiger partial charge in [0, 0.05) is 31.6 Å². The zero-order valence-electron chi connectivity index (χ0n) is 18.2. The van der Waals surface area contributed by atoms with Crippen LogP contribution in [0.3, 0.4) is 0 Å². The summed E-state index contributed by atoms with van der Waals surface area (Å²) in [6.45, 7) is 3.81. The van der Waals surface area contributed by atoms with Gasteiger partial charge < -0.3 is 10.6 Å². The van der Waals surface area contributed by atoms with Crippen molar-refractivity contribution in [2.75, 3.05) is 6.54 Å². The van der Waals surface area contributed by atoms with E-state index in [0.29, 0.717) is 21.3 Å².